The Morgan fingerprint density at radius 1 is 1.02 bits per heavy atom. The third kappa shape index (κ3) is 6.29. The summed E-state index contributed by atoms with van der Waals surface area (Å²) in [5.41, 5.74) is 3.12. The van der Waals surface area contributed by atoms with Crippen molar-refractivity contribution in [2.45, 2.75) is 57.7 Å². The van der Waals surface area contributed by atoms with Gasteiger partial charge in [-0.15, -0.1) is 0 Å². The summed E-state index contributed by atoms with van der Waals surface area (Å²) < 4.78 is 12.0. The SMILES string of the molecule is CCOc1cc(/C=C2\SC(Nc3ccccc3)N([C@@H]3CCCC[C@H]3C)C2=O)ccc1OCc1ccccc1C#N. The van der Waals surface area contributed by atoms with Crippen LogP contribution in [0.1, 0.15) is 56.2 Å². The van der Waals surface area contributed by atoms with Gasteiger partial charge in [0.2, 0.25) is 0 Å². The highest BCUT2D eigenvalue weighted by Crippen LogP contribution is 2.42. The highest BCUT2D eigenvalue weighted by Gasteiger charge is 2.42. The van der Waals surface area contributed by atoms with Crippen molar-refractivity contribution in [2.75, 3.05) is 11.9 Å². The van der Waals surface area contributed by atoms with Crippen molar-refractivity contribution in [3.05, 3.63) is 94.4 Å². The fraction of sp³-hybridized carbons (Fsp3) is 0.333. The zero-order valence-corrected chi connectivity index (χ0v) is 23.8. The van der Waals surface area contributed by atoms with Gasteiger partial charge in [-0.25, -0.2) is 0 Å². The average molecular weight is 554 g/mol. The second-order valence-electron chi connectivity index (χ2n) is 10.2. The molecular weight excluding hydrogens is 518 g/mol. The molecule has 3 aromatic rings. The topological polar surface area (TPSA) is 74.6 Å². The Hall–Kier alpha value is -3.89. The van der Waals surface area contributed by atoms with E-state index in [2.05, 4.69) is 23.2 Å². The number of carbonyl (C=O) groups is 1. The number of nitriles is 1. The number of amides is 1. The van der Waals surface area contributed by atoms with Crippen LogP contribution >= 0.6 is 11.8 Å². The molecule has 1 N–H and O–H groups in total. The lowest BCUT2D eigenvalue weighted by Gasteiger charge is -2.39. The van der Waals surface area contributed by atoms with Gasteiger partial charge in [0, 0.05) is 17.3 Å². The molecule has 3 aromatic carbocycles. The van der Waals surface area contributed by atoms with Gasteiger partial charge in [0.1, 0.15) is 6.61 Å². The van der Waals surface area contributed by atoms with E-state index in [0.717, 1.165) is 36.1 Å². The second kappa shape index (κ2) is 13.0. The molecule has 1 aliphatic carbocycles. The minimum atomic E-state index is -0.166. The van der Waals surface area contributed by atoms with Crippen molar-refractivity contribution < 1.29 is 14.3 Å². The molecule has 40 heavy (non-hydrogen) atoms. The molecule has 1 amide bonds. The first kappa shape index (κ1) is 27.7. The predicted molar refractivity (Wildman–Crippen MR) is 161 cm³/mol. The number of benzene rings is 3. The Morgan fingerprint density at radius 2 is 1.80 bits per heavy atom. The van der Waals surface area contributed by atoms with Crippen LogP contribution in [0.25, 0.3) is 6.08 Å². The minimum Gasteiger partial charge on any atom is -0.490 e. The van der Waals surface area contributed by atoms with Crippen LogP contribution in [-0.2, 0) is 11.4 Å². The van der Waals surface area contributed by atoms with Gasteiger partial charge in [-0.3, -0.25) is 4.79 Å². The van der Waals surface area contributed by atoms with Gasteiger partial charge in [0.25, 0.3) is 5.91 Å². The smallest absolute Gasteiger partial charge is 0.262 e. The Balaban J connectivity index is 1.39. The zero-order valence-electron chi connectivity index (χ0n) is 23.0. The Kier molecular flexibility index (Phi) is 8.98. The van der Waals surface area contributed by atoms with E-state index in [4.69, 9.17) is 9.47 Å². The van der Waals surface area contributed by atoms with Gasteiger partial charge in [-0.05, 0) is 67.7 Å². The number of anilines is 1. The molecule has 2 fully saturated rings. The lowest BCUT2D eigenvalue weighted by Crippen LogP contribution is -2.48. The number of hydrogen-bond acceptors (Lipinski definition) is 6. The number of nitrogens with one attached hydrogen (secondary N) is 1. The summed E-state index contributed by atoms with van der Waals surface area (Å²) in [6, 6.07) is 25.7. The third-order valence-electron chi connectivity index (χ3n) is 7.51. The summed E-state index contributed by atoms with van der Waals surface area (Å²) in [5.74, 6) is 1.75. The summed E-state index contributed by atoms with van der Waals surface area (Å²) in [4.78, 5) is 16.7. The maximum absolute atomic E-state index is 13.9. The van der Waals surface area contributed by atoms with E-state index < -0.39 is 0 Å². The van der Waals surface area contributed by atoms with Crippen molar-refractivity contribution >= 4 is 29.4 Å². The molecule has 2 aliphatic rings. The Bertz CT molecular complexity index is 1400. The van der Waals surface area contributed by atoms with Crippen LogP contribution in [0.5, 0.6) is 11.5 Å². The number of carbonyl (C=O) groups excluding carboxylic acids is 1. The number of hydrogen-bond donors (Lipinski definition) is 1. The molecule has 3 atom stereocenters. The number of rotatable bonds is 9. The molecule has 1 heterocycles. The molecule has 0 radical (unpaired) electrons. The maximum Gasteiger partial charge on any atom is 0.262 e. The largest absolute Gasteiger partial charge is 0.490 e. The van der Waals surface area contributed by atoms with E-state index in [0.29, 0.717) is 34.5 Å². The highest BCUT2D eigenvalue weighted by atomic mass is 32.2. The minimum absolute atomic E-state index is 0.0728. The third-order valence-corrected chi connectivity index (χ3v) is 8.62. The number of nitrogens with zero attached hydrogens (tertiary/aromatic N) is 2. The standard InChI is InChI=1S/C33H35N3O3S/c1-3-38-30-19-24(17-18-29(30)39-22-26-13-9-8-12-25(26)21-34)20-31-32(37)36(28-16-10-7-11-23(28)2)33(40-31)35-27-14-5-4-6-15-27/h4-6,8-9,12-15,17-20,23,28,33,35H,3,7,10-11,16,22H2,1-2H3/b31-20-/t23-,28-,33?/m1/s1. The summed E-state index contributed by atoms with van der Waals surface area (Å²) in [5, 5.41) is 13.0. The van der Waals surface area contributed by atoms with Crippen molar-refractivity contribution in [2.24, 2.45) is 5.92 Å². The molecule has 1 saturated carbocycles. The van der Waals surface area contributed by atoms with Crippen LogP contribution < -0.4 is 14.8 Å². The van der Waals surface area contributed by atoms with E-state index in [1.807, 2.05) is 79.7 Å². The molecule has 6 nitrogen and oxygen atoms in total. The van der Waals surface area contributed by atoms with Gasteiger partial charge < -0.3 is 19.7 Å². The maximum atomic E-state index is 13.9. The first-order chi connectivity index (χ1) is 19.6. The first-order valence-corrected chi connectivity index (χ1v) is 14.9. The zero-order chi connectivity index (χ0) is 27.9. The molecule has 0 spiro atoms. The van der Waals surface area contributed by atoms with Gasteiger partial charge in [-0.2, -0.15) is 5.26 Å². The fourth-order valence-electron chi connectivity index (χ4n) is 5.43. The molecule has 1 aliphatic heterocycles. The summed E-state index contributed by atoms with van der Waals surface area (Å²) in [6.45, 7) is 4.94. The molecule has 1 saturated heterocycles. The van der Waals surface area contributed by atoms with Gasteiger partial charge >= 0.3 is 0 Å². The highest BCUT2D eigenvalue weighted by molar-refractivity contribution is 8.05. The van der Waals surface area contributed by atoms with Gasteiger partial charge in [0.15, 0.2) is 17.0 Å². The van der Waals surface area contributed by atoms with E-state index in [-0.39, 0.29) is 24.1 Å². The number of para-hydroxylation sites is 1. The Labute approximate surface area is 241 Å². The van der Waals surface area contributed by atoms with Crippen LogP contribution in [0.4, 0.5) is 5.69 Å². The molecule has 1 unspecified atom stereocenters. The lowest BCUT2D eigenvalue weighted by atomic mass is 9.85. The number of thioether (sulfide) groups is 1. The molecular formula is C33H35N3O3S. The van der Waals surface area contributed by atoms with E-state index in [1.165, 1.54) is 6.42 Å². The molecule has 5 rings (SSSR count). The molecule has 206 valence electrons. The van der Waals surface area contributed by atoms with Crippen molar-refractivity contribution in [3.8, 4) is 17.6 Å². The predicted octanol–water partition coefficient (Wildman–Crippen LogP) is 7.43. The van der Waals surface area contributed by atoms with Crippen LogP contribution in [0.15, 0.2) is 77.7 Å². The normalized spacial score (nSPS) is 21.7. The molecule has 0 bridgehead atoms. The number of ether oxygens (including phenoxy) is 2. The van der Waals surface area contributed by atoms with Gasteiger partial charge in [0.05, 0.1) is 23.1 Å². The first-order valence-electron chi connectivity index (χ1n) is 14.0. The van der Waals surface area contributed by atoms with Crippen molar-refractivity contribution in [1.82, 2.24) is 4.90 Å². The van der Waals surface area contributed by atoms with Crippen LogP contribution in [0, 0.1) is 17.2 Å². The summed E-state index contributed by atoms with van der Waals surface area (Å²) >= 11 is 1.57. The van der Waals surface area contributed by atoms with Crippen LogP contribution in [-0.4, -0.2) is 29.0 Å². The van der Waals surface area contributed by atoms with Gasteiger partial charge in [-0.1, -0.05) is 74.0 Å². The quantitative estimate of drug-likeness (QED) is 0.278. The van der Waals surface area contributed by atoms with E-state index in [1.54, 1.807) is 17.8 Å². The second-order valence-corrected chi connectivity index (χ2v) is 11.3. The average Bonchev–Trinajstić information content (AvgIpc) is 3.27. The molecule has 0 aromatic heterocycles. The summed E-state index contributed by atoms with van der Waals surface area (Å²) in [7, 11) is 0. The van der Waals surface area contributed by atoms with Crippen LogP contribution in [0.3, 0.4) is 0 Å². The summed E-state index contributed by atoms with van der Waals surface area (Å²) in [6.07, 6.45) is 6.51. The Morgan fingerprint density at radius 3 is 2.58 bits per heavy atom. The van der Waals surface area contributed by atoms with E-state index in [9.17, 15) is 10.1 Å². The van der Waals surface area contributed by atoms with Crippen LogP contribution in [0.2, 0.25) is 0 Å². The fourth-order valence-corrected chi connectivity index (χ4v) is 6.64. The lowest BCUT2D eigenvalue weighted by molar-refractivity contribution is -0.129. The monoisotopic (exact) mass is 553 g/mol. The van der Waals surface area contributed by atoms with Crippen molar-refractivity contribution in [3.63, 3.8) is 0 Å². The molecule has 7 heteroatoms. The van der Waals surface area contributed by atoms with E-state index >= 15 is 0 Å². The van der Waals surface area contributed by atoms with Crippen molar-refractivity contribution in [1.29, 1.82) is 5.26 Å².